The van der Waals surface area contributed by atoms with E-state index in [-0.39, 0.29) is 30.3 Å². The molecule has 2 aromatic carbocycles. The third-order valence-corrected chi connectivity index (χ3v) is 4.28. The first kappa shape index (κ1) is 19.1. The molecular formula is C19H23ClN2O3. The normalized spacial score (nSPS) is 19.6. The molecule has 0 aliphatic carbocycles. The van der Waals surface area contributed by atoms with Crippen molar-refractivity contribution in [3.63, 3.8) is 0 Å². The van der Waals surface area contributed by atoms with Gasteiger partial charge in [-0.25, -0.2) is 0 Å². The largest absolute Gasteiger partial charge is 0.495 e. The minimum Gasteiger partial charge on any atom is -0.495 e. The summed E-state index contributed by atoms with van der Waals surface area (Å²) in [6.45, 7) is 0.679. The molecule has 0 aromatic heterocycles. The Morgan fingerprint density at radius 3 is 2.68 bits per heavy atom. The summed E-state index contributed by atoms with van der Waals surface area (Å²) in [5.74, 6) is 0.328. The van der Waals surface area contributed by atoms with E-state index < -0.39 is 0 Å². The number of rotatable bonds is 4. The molecule has 3 rings (SSSR count). The highest BCUT2D eigenvalue weighted by Gasteiger charge is 2.33. The van der Waals surface area contributed by atoms with Gasteiger partial charge in [0.1, 0.15) is 5.75 Å². The highest BCUT2D eigenvalue weighted by Crippen LogP contribution is 2.34. The van der Waals surface area contributed by atoms with Gasteiger partial charge in [-0.2, -0.15) is 0 Å². The summed E-state index contributed by atoms with van der Waals surface area (Å²) in [5.41, 5.74) is 8.10. The van der Waals surface area contributed by atoms with Crippen molar-refractivity contribution in [3.8, 4) is 5.75 Å². The second kappa shape index (κ2) is 8.74. The molecule has 1 aliphatic heterocycles. The highest BCUT2D eigenvalue weighted by molar-refractivity contribution is 5.93. The van der Waals surface area contributed by atoms with Crippen LogP contribution in [0.4, 0.5) is 11.4 Å². The highest BCUT2D eigenvalue weighted by atomic mass is 35.5. The molecule has 0 bridgehead atoms. The Morgan fingerprint density at radius 2 is 2.00 bits per heavy atom. The van der Waals surface area contributed by atoms with Crippen LogP contribution in [0.2, 0.25) is 0 Å². The van der Waals surface area contributed by atoms with Crippen LogP contribution in [0.25, 0.3) is 0 Å². The van der Waals surface area contributed by atoms with Gasteiger partial charge >= 0.3 is 0 Å². The van der Waals surface area contributed by atoms with Crippen molar-refractivity contribution < 1.29 is 14.3 Å². The molecule has 1 amide bonds. The lowest BCUT2D eigenvalue weighted by molar-refractivity contribution is -0.129. The topological polar surface area (TPSA) is 73.6 Å². The molecule has 25 heavy (non-hydrogen) atoms. The van der Waals surface area contributed by atoms with Crippen LogP contribution in [0.15, 0.2) is 48.5 Å². The lowest BCUT2D eigenvalue weighted by Crippen LogP contribution is -2.33. The molecule has 134 valence electrons. The second-order valence-electron chi connectivity index (χ2n) is 5.90. The monoisotopic (exact) mass is 362 g/mol. The molecule has 0 saturated carbocycles. The minimum absolute atomic E-state index is 0. The number of hydrogen-bond donors (Lipinski definition) is 2. The number of anilines is 2. The molecule has 2 aromatic rings. The summed E-state index contributed by atoms with van der Waals surface area (Å²) in [6, 6.07) is 15.1. The van der Waals surface area contributed by atoms with Gasteiger partial charge in [0, 0.05) is 12.3 Å². The van der Waals surface area contributed by atoms with Crippen LogP contribution in [0.1, 0.15) is 24.5 Å². The first-order chi connectivity index (χ1) is 11.7. The molecule has 2 unspecified atom stereocenters. The van der Waals surface area contributed by atoms with E-state index >= 15 is 0 Å². The Labute approximate surface area is 153 Å². The third kappa shape index (κ3) is 4.44. The molecule has 0 radical (unpaired) electrons. The average molecular weight is 363 g/mol. The summed E-state index contributed by atoms with van der Waals surface area (Å²) in [4.78, 5) is 12.8. The number of ether oxygens (including phenoxy) is 2. The van der Waals surface area contributed by atoms with Gasteiger partial charge in [0.2, 0.25) is 5.91 Å². The standard InChI is InChI=1S/C19H22N2O3.ClH/c1-23-17-10-9-14(12-16(17)20)21-19(22)15-8-5-11-24-18(15)13-6-3-2-4-7-13;/h2-4,6-7,9-10,12,15,18H,5,8,11,20H2,1H3,(H,21,22);1H. The maximum absolute atomic E-state index is 12.8. The Hall–Kier alpha value is -2.24. The molecule has 3 N–H and O–H groups in total. The summed E-state index contributed by atoms with van der Waals surface area (Å²) in [6.07, 6.45) is 1.47. The fraction of sp³-hybridized carbons (Fsp3) is 0.316. The van der Waals surface area contributed by atoms with Gasteiger partial charge in [-0.1, -0.05) is 30.3 Å². The summed E-state index contributed by atoms with van der Waals surface area (Å²) < 4.78 is 11.0. The maximum Gasteiger partial charge on any atom is 0.230 e. The van der Waals surface area contributed by atoms with Gasteiger partial charge in [0.05, 0.1) is 24.8 Å². The van der Waals surface area contributed by atoms with Gasteiger partial charge in [-0.15, -0.1) is 12.4 Å². The predicted octanol–water partition coefficient (Wildman–Crippen LogP) is 3.81. The van der Waals surface area contributed by atoms with Crippen LogP contribution in [0, 0.1) is 5.92 Å². The van der Waals surface area contributed by atoms with Gasteiger partial charge in [0.25, 0.3) is 0 Å². The zero-order chi connectivity index (χ0) is 16.9. The zero-order valence-electron chi connectivity index (χ0n) is 14.1. The van der Waals surface area contributed by atoms with E-state index in [2.05, 4.69) is 5.32 Å². The SMILES string of the molecule is COc1ccc(NC(=O)C2CCCOC2c2ccccc2)cc1N.Cl. The van der Waals surface area contributed by atoms with Crippen molar-refractivity contribution in [1.82, 2.24) is 0 Å². The van der Waals surface area contributed by atoms with E-state index in [0.29, 0.717) is 23.7 Å². The van der Waals surface area contributed by atoms with E-state index in [1.165, 1.54) is 0 Å². The van der Waals surface area contributed by atoms with Crippen molar-refractivity contribution in [2.45, 2.75) is 18.9 Å². The van der Waals surface area contributed by atoms with Crippen molar-refractivity contribution in [3.05, 3.63) is 54.1 Å². The fourth-order valence-corrected chi connectivity index (χ4v) is 3.07. The minimum atomic E-state index is -0.218. The number of carbonyl (C=O) groups excluding carboxylic acids is 1. The number of nitrogens with one attached hydrogen (secondary N) is 1. The van der Waals surface area contributed by atoms with Gasteiger partial charge in [-0.05, 0) is 36.6 Å². The summed E-state index contributed by atoms with van der Waals surface area (Å²) >= 11 is 0. The molecule has 6 heteroatoms. The second-order valence-corrected chi connectivity index (χ2v) is 5.90. The van der Waals surface area contributed by atoms with Crippen molar-refractivity contribution in [1.29, 1.82) is 0 Å². The number of nitrogen functional groups attached to an aromatic ring is 1. The van der Waals surface area contributed by atoms with Crippen molar-refractivity contribution in [2.24, 2.45) is 5.92 Å². The lowest BCUT2D eigenvalue weighted by Gasteiger charge is -2.31. The molecule has 0 spiro atoms. The zero-order valence-corrected chi connectivity index (χ0v) is 14.9. The molecule has 1 saturated heterocycles. The van der Waals surface area contributed by atoms with E-state index in [9.17, 15) is 4.79 Å². The quantitative estimate of drug-likeness (QED) is 0.811. The van der Waals surface area contributed by atoms with E-state index in [4.69, 9.17) is 15.2 Å². The van der Waals surface area contributed by atoms with Gasteiger partial charge < -0.3 is 20.5 Å². The Kier molecular flexibility index (Phi) is 6.67. The van der Waals surface area contributed by atoms with E-state index in [1.807, 2.05) is 30.3 Å². The van der Waals surface area contributed by atoms with Gasteiger partial charge in [-0.3, -0.25) is 4.79 Å². The van der Waals surface area contributed by atoms with Crippen molar-refractivity contribution >= 4 is 29.7 Å². The van der Waals surface area contributed by atoms with E-state index in [0.717, 1.165) is 18.4 Å². The number of halogens is 1. The molecule has 1 heterocycles. The first-order valence-electron chi connectivity index (χ1n) is 8.10. The number of amides is 1. The van der Waals surface area contributed by atoms with Crippen LogP contribution in [0.3, 0.4) is 0 Å². The molecule has 1 aliphatic rings. The Morgan fingerprint density at radius 1 is 1.24 bits per heavy atom. The smallest absolute Gasteiger partial charge is 0.230 e. The Bertz CT molecular complexity index is 709. The first-order valence-corrected chi connectivity index (χ1v) is 8.10. The van der Waals surface area contributed by atoms with Crippen LogP contribution < -0.4 is 15.8 Å². The fourth-order valence-electron chi connectivity index (χ4n) is 3.07. The van der Waals surface area contributed by atoms with Crippen LogP contribution in [0.5, 0.6) is 5.75 Å². The average Bonchev–Trinajstić information content (AvgIpc) is 2.62. The number of nitrogens with two attached hydrogens (primary N) is 1. The maximum atomic E-state index is 12.8. The van der Waals surface area contributed by atoms with E-state index in [1.54, 1.807) is 25.3 Å². The van der Waals surface area contributed by atoms with Crippen LogP contribution in [-0.2, 0) is 9.53 Å². The summed E-state index contributed by atoms with van der Waals surface area (Å²) in [7, 11) is 1.56. The third-order valence-electron chi connectivity index (χ3n) is 4.28. The molecule has 5 nitrogen and oxygen atoms in total. The molecule has 2 atom stereocenters. The Balaban J connectivity index is 0.00000225. The predicted molar refractivity (Wildman–Crippen MR) is 101 cm³/mol. The van der Waals surface area contributed by atoms with Crippen molar-refractivity contribution in [2.75, 3.05) is 24.8 Å². The number of hydrogen-bond acceptors (Lipinski definition) is 4. The number of methoxy groups -OCH3 is 1. The number of carbonyl (C=O) groups is 1. The van der Waals surface area contributed by atoms with Crippen LogP contribution >= 0.6 is 12.4 Å². The summed E-state index contributed by atoms with van der Waals surface area (Å²) in [5, 5.41) is 2.95. The number of benzene rings is 2. The lowest BCUT2D eigenvalue weighted by atomic mass is 9.88. The molecular weight excluding hydrogens is 340 g/mol. The molecule has 1 fully saturated rings. The van der Waals surface area contributed by atoms with Crippen LogP contribution in [-0.4, -0.2) is 19.6 Å². The van der Waals surface area contributed by atoms with Gasteiger partial charge in [0.15, 0.2) is 0 Å².